The number of rotatable bonds is 7. The highest BCUT2D eigenvalue weighted by Gasteiger charge is 2.19. The van der Waals surface area contributed by atoms with E-state index in [-0.39, 0.29) is 17.4 Å². The molecule has 2 aromatic rings. The minimum atomic E-state index is -3.74. The molecule has 1 atom stereocenters. The van der Waals surface area contributed by atoms with Crippen molar-refractivity contribution < 1.29 is 12.6 Å². The van der Waals surface area contributed by atoms with Gasteiger partial charge in [-0.3, -0.25) is 4.18 Å². The van der Waals surface area contributed by atoms with Crippen LogP contribution in [0, 0.1) is 6.92 Å². The number of hydrogen-bond acceptors (Lipinski definition) is 3. The molecular formula is C20H24O3S. The van der Waals surface area contributed by atoms with Crippen LogP contribution in [0.5, 0.6) is 0 Å². The molecule has 2 rings (SSSR count). The summed E-state index contributed by atoms with van der Waals surface area (Å²) in [6.45, 7) is 6.12. The number of hydrogen-bond donors (Lipinski definition) is 0. The van der Waals surface area contributed by atoms with Crippen molar-refractivity contribution in [2.24, 2.45) is 0 Å². The Labute approximate surface area is 145 Å². The largest absolute Gasteiger partial charge is 0.296 e. The van der Waals surface area contributed by atoms with Gasteiger partial charge in [-0.15, -0.1) is 0 Å². The van der Waals surface area contributed by atoms with Gasteiger partial charge in [-0.25, -0.2) is 0 Å². The fraction of sp³-hybridized carbons (Fsp3) is 0.300. The van der Waals surface area contributed by atoms with E-state index in [1.54, 1.807) is 24.3 Å². The summed E-state index contributed by atoms with van der Waals surface area (Å²) in [6.07, 6.45) is 2.86. The molecule has 0 saturated heterocycles. The normalized spacial score (nSPS) is 12.6. The second kappa shape index (κ2) is 8.27. The van der Waals surface area contributed by atoms with E-state index in [0.717, 1.165) is 17.5 Å². The van der Waals surface area contributed by atoms with E-state index in [1.165, 1.54) is 5.57 Å². The fourth-order valence-corrected chi connectivity index (χ4v) is 3.30. The summed E-state index contributed by atoms with van der Waals surface area (Å²) in [6, 6.07) is 16.6. The summed E-state index contributed by atoms with van der Waals surface area (Å²) in [5.41, 5.74) is 3.30. The Kier molecular flexibility index (Phi) is 6.35. The standard InChI is InChI=1S/C20H24O3S/c1-16(2)9-12-19(18-7-5-4-6-8-18)15-23-24(21,22)20-13-10-17(3)11-14-20/h4-11,13-14,19H,12,15H2,1-3H3. The van der Waals surface area contributed by atoms with Crippen LogP contribution in [0.25, 0.3) is 0 Å². The van der Waals surface area contributed by atoms with Crippen LogP contribution in [-0.2, 0) is 14.3 Å². The molecule has 0 aromatic heterocycles. The van der Waals surface area contributed by atoms with Crippen molar-refractivity contribution in [1.29, 1.82) is 0 Å². The molecule has 0 heterocycles. The molecule has 0 radical (unpaired) electrons. The van der Waals surface area contributed by atoms with E-state index in [4.69, 9.17) is 4.18 Å². The summed E-state index contributed by atoms with van der Waals surface area (Å²) >= 11 is 0. The lowest BCUT2D eigenvalue weighted by Gasteiger charge is -2.16. The minimum Gasteiger partial charge on any atom is -0.266 e. The Morgan fingerprint density at radius 1 is 1.04 bits per heavy atom. The Morgan fingerprint density at radius 3 is 2.25 bits per heavy atom. The predicted molar refractivity (Wildman–Crippen MR) is 97.5 cm³/mol. The van der Waals surface area contributed by atoms with Crippen molar-refractivity contribution >= 4 is 10.1 Å². The zero-order valence-electron chi connectivity index (χ0n) is 14.4. The van der Waals surface area contributed by atoms with E-state index in [0.29, 0.717) is 0 Å². The number of aryl methyl sites for hydroxylation is 1. The number of allylic oxidation sites excluding steroid dienone is 2. The zero-order valence-corrected chi connectivity index (χ0v) is 15.2. The van der Waals surface area contributed by atoms with Gasteiger partial charge in [-0.2, -0.15) is 8.42 Å². The first-order valence-corrected chi connectivity index (χ1v) is 9.44. The lowest BCUT2D eigenvalue weighted by Crippen LogP contribution is -2.13. The number of benzene rings is 2. The lowest BCUT2D eigenvalue weighted by atomic mass is 9.96. The Hall–Kier alpha value is -1.91. The predicted octanol–water partition coefficient (Wildman–Crippen LogP) is 4.84. The molecule has 0 aliphatic heterocycles. The van der Waals surface area contributed by atoms with Crippen LogP contribution < -0.4 is 0 Å². The molecule has 4 heteroatoms. The average molecular weight is 344 g/mol. The summed E-state index contributed by atoms with van der Waals surface area (Å²) in [7, 11) is -3.74. The van der Waals surface area contributed by atoms with Crippen LogP contribution in [0.1, 0.15) is 37.3 Å². The van der Waals surface area contributed by atoms with Gasteiger partial charge >= 0.3 is 0 Å². The molecule has 1 unspecified atom stereocenters. The van der Waals surface area contributed by atoms with E-state index in [9.17, 15) is 8.42 Å². The van der Waals surface area contributed by atoms with Gasteiger partial charge in [0.15, 0.2) is 0 Å². The second-order valence-corrected chi connectivity index (χ2v) is 7.79. The molecule has 0 spiro atoms. The van der Waals surface area contributed by atoms with Crippen LogP contribution >= 0.6 is 0 Å². The summed E-state index contributed by atoms with van der Waals surface area (Å²) in [5.74, 6) is 0.00123. The second-order valence-electron chi connectivity index (χ2n) is 6.18. The van der Waals surface area contributed by atoms with Gasteiger partial charge in [0.05, 0.1) is 11.5 Å². The van der Waals surface area contributed by atoms with Crippen LogP contribution in [0.15, 0.2) is 71.1 Å². The first-order valence-electron chi connectivity index (χ1n) is 8.03. The minimum absolute atomic E-state index is 0.00123. The van der Waals surface area contributed by atoms with E-state index in [1.807, 2.05) is 51.1 Å². The molecular weight excluding hydrogens is 320 g/mol. The van der Waals surface area contributed by atoms with Crippen molar-refractivity contribution in [3.8, 4) is 0 Å². The van der Waals surface area contributed by atoms with Crippen LogP contribution in [-0.4, -0.2) is 15.0 Å². The Balaban J connectivity index is 2.14. The quantitative estimate of drug-likeness (QED) is 0.533. The molecule has 0 amide bonds. The average Bonchev–Trinajstić information content (AvgIpc) is 2.56. The van der Waals surface area contributed by atoms with Gasteiger partial charge in [-0.05, 0) is 44.9 Å². The molecule has 128 valence electrons. The van der Waals surface area contributed by atoms with E-state index < -0.39 is 10.1 Å². The van der Waals surface area contributed by atoms with Crippen molar-refractivity contribution in [3.05, 3.63) is 77.4 Å². The zero-order chi connectivity index (χ0) is 17.6. The van der Waals surface area contributed by atoms with Crippen molar-refractivity contribution in [1.82, 2.24) is 0 Å². The van der Waals surface area contributed by atoms with Gasteiger partial charge in [-0.1, -0.05) is 59.7 Å². The van der Waals surface area contributed by atoms with Gasteiger partial charge in [0, 0.05) is 5.92 Å². The lowest BCUT2D eigenvalue weighted by molar-refractivity contribution is 0.291. The smallest absolute Gasteiger partial charge is 0.266 e. The maximum absolute atomic E-state index is 12.4. The summed E-state index contributed by atoms with van der Waals surface area (Å²) < 4.78 is 30.1. The maximum atomic E-state index is 12.4. The Bertz CT molecular complexity index is 771. The first-order chi connectivity index (χ1) is 11.4. The molecule has 0 bridgehead atoms. The molecule has 0 aliphatic carbocycles. The third-order valence-corrected chi connectivity index (χ3v) is 5.11. The monoisotopic (exact) mass is 344 g/mol. The van der Waals surface area contributed by atoms with Crippen molar-refractivity contribution in [2.75, 3.05) is 6.61 Å². The van der Waals surface area contributed by atoms with Crippen LogP contribution in [0.2, 0.25) is 0 Å². The topological polar surface area (TPSA) is 43.4 Å². The molecule has 3 nitrogen and oxygen atoms in total. The van der Waals surface area contributed by atoms with Crippen LogP contribution in [0.4, 0.5) is 0 Å². The van der Waals surface area contributed by atoms with Gasteiger partial charge in [0.2, 0.25) is 0 Å². The molecule has 2 aromatic carbocycles. The van der Waals surface area contributed by atoms with E-state index in [2.05, 4.69) is 6.08 Å². The SMILES string of the molecule is CC(C)=CCC(COS(=O)(=O)c1ccc(C)cc1)c1ccccc1. The molecule has 24 heavy (non-hydrogen) atoms. The van der Waals surface area contributed by atoms with Gasteiger partial charge in [0.25, 0.3) is 10.1 Å². The third kappa shape index (κ3) is 5.32. The van der Waals surface area contributed by atoms with Crippen LogP contribution in [0.3, 0.4) is 0 Å². The highest BCUT2D eigenvalue weighted by molar-refractivity contribution is 7.86. The molecule has 0 aliphatic rings. The highest BCUT2D eigenvalue weighted by atomic mass is 32.2. The molecule has 0 N–H and O–H groups in total. The maximum Gasteiger partial charge on any atom is 0.296 e. The third-order valence-electron chi connectivity index (χ3n) is 3.82. The molecule has 0 saturated carbocycles. The summed E-state index contributed by atoms with van der Waals surface area (Å²) in [5, 5.41) is 0. The van der Waals surface area contributed by atoms with Gasteiger partial charge < -0.3 is 0 Å². The van der Waals surface area contributed by atoms with Crippen molar-refractivity contribution in [3.63, 3.8) is 0 Å². The molecule has 0 fully saturated rings. The Morgan fingerprint density at radius 2 is 1.67 bits per heavy atom. The van der Waals surface area contributed by atoms with E-state index >= 15 is 0 Å². The summed E-state index contributed by atoms with van der Waals surface area (Å²) in [4.78, 5) is 0.196. The fourth-order valence-electron chi connectivity index (χ4n) is 2.35. The van der Waals surface area contributed by atoms with Crippen molar-refractivity contribution in [2.45, 2.75) is 38.0 Å². The highest BCUT2D eigenvalue weighted by Crippen LogP contribution is 2.23. The first kappa shape index (κ1) is 18.4. The van der Waals surface area contributed by atoms with Gasteiger partial charge in [0.1, 0.15) is 0 Å².